The van der Waals surface area contributed by atoms with Gasteiger partial charge in [0.25, 0.3) is 0 Å². The van der Waals surface area contributed by atoms with Crippen LogP contribution in [-0.4, -0.2) is 21.7 Å². The van der Waals surface area contributed by atoms with Gasteiger partial charge < -0.3 is 5.32 Å². The molecule has 4 nitrogen and oxygen atoms in total. The molecule has 0 unspecified atom stereocenters. The molecule has 0 amide bonds. The Hall–Kier alpha value is -1.60. The standard InChI is InChI=1S/C12H12ClF3N4/c13-10-2-1-9(12(14,15)16)5-8(10)6-17-4-3-11-18-7-19-20-11/h1-2,5,7,17H,3-4,6H2,(H,18,19,20). The van der Waals surface area contributed by atoms with Gasteiger partial charge in [0, 0.05) is 24.5 Å². The van der Waals surface area contributed by atoms with Gasteiger partial charge in [-0.25, -0.2) is 4.98 Å². The molecule has 0 saturated heterocycles. The van der Waals surface area contributed by atoms with Crippen LogP contribution in [0.1, 0.15) is 17.0 Å². The van der Waals surface area contributed by atoms with E-state index in [1.807, 2.05) is 0 Å². The van der Waals surface area contributed by atoms with E-state index in [0.717, 1.165) is 12.1 Å². The summed E-state index contributed by atoms with van der Waals surface area (Å²) in [5.41, 5.74) is -0.284. The Morgan fingerprint density at radius 2 is 2.10 bits per heavy atom. The third-order valence-corrected chi connectivity index (χ3v) is 3.06. The van der Waals surface area contributed by atoms with Crippen LogP contribution >= 0.6 is 11.6 Å². The molecule has 0 saturated carbocycles. The predicted molar refractivity (Wildman–Crippen MR) is 68.2 cm³/mol. The zero-order chi connectivity index (χ0) is 14.6. The van der Waals surface area contributed by atoms with E-state index in [-0.39, 0.29) is 6.54 Å². The number of halogens is 4. The lowest BCUT2D eigenvalue weighted by atomic mass is 10.1. The van der Waals surface area contributed by atoms with Crippen molar-refractivity contribution in [2.24, 2.45) is 0 Å². The minimum absolute atomic E-state index is 0.261. The maximum absolute atomic E-state index is 12.6. The molecular formula is C12H12ClF3N4. The molecule has 20 heavy (non-hydrogen) atoms. The zero-order valence-electron chi connectivity index (χ0n) is 10.3. The quantitative estimate of drug-likeness (QED) is 0.835. The van der Waals surface area contributed by atoms with Gasteiger partial charge >= 0.3 is 6.18 Å². The summed E-state index contributed by atoms with van der Waals surface area (Å²) in [5, 5.41) is 9.73. The normalized spacial score (nSPS) is 11.8. The summed E-state index contributed by atoms with van der Waals surface area (Å²) in [6.07, 6.45) is -2.35. The predicted octanol–water partition coefficient (Wildman–Crippen LogP) is 2.81. The molecule has 108 valence electrons. The van der Waals surface area contributed by atoms with Gasteiger partial charge in [0.05, 0.1) is 5.56 Å². The average Bonchev–Trinajstić information content (AvgIpc) is 2.88. The fourth-order valence-electron chi connectivity index (χ4n) is 1.67. The number of alkyl halides is 3. The van der Waals surface area contributed by atoms with Crippen molar-refractivity contribution in [2.75, 3.05) is 6.54 Å². The van der Waals surface area contributed by atoms with Crippen molar-refractivity contribution in [1.82, 2.24) is 20.5 Å². The Bertz CT molecular complexity index is 554. The molecule has 1 aromatic carbocycles. The van der Waals surface area contributed by atoms with Crippen molar-refractivity contribution >= 4 is 11.6 Å². The molecule has 0 fully saturated rings. The van der Waals surface area contributed by atoms with Crippen LogP contribution in [0.5, 0.6) is 0 Å². The molecule has 2 aromatic rings. The highest BCUT2D eigenvalue weighted by atomic mass is 35.5. The van der Waals surface area contributed by atoms with Crippen molar-refractivity contribution in [2.45, 2.75) is 19.1 Å². The van der Waals surface area contributed by atoms with Gasteiger partial charge in [-0.05, 0) is 23.8 Å². The number of aromatic nitrogens is 3. The number of rotatable bonds is 5. The topological polar surface area (TPSA) is 53.6 Å². The Morgan fingerprint density at radius 3 is 2.75 bits per heavy atom. The van der Waals surface area contributed by atoms with Crippen molar-refractivity contribution in [3.05, 3.63) is 46.5 Å². The van der Waals surface area contributed by atoms with Crippen LogP contribution in [-0.2, 0) is 19.1 Å². The molecular weight excluding hydrogens is 293 g/mol. The van der Waals surface area contributed by atoms with E-state index >= 15 is 0 Å². The van der Waals surface area contributed by atoms with Crippen molar-refractivity contribution in [3.63, 3.8) is 0 Å². The van der Waals surface area contributed by atoms with Crippen molar-refractivity contribution in [1.29, 1.82) is 0 Å². The molecule has 1 heterocycles. The smallest absolute Gasteiger partial charge is 0.312 e. The summed E-state index contributed by atoms with van der Waals surface area (Å²) in [5.74, 6) is 0.715. The Kier molecular flexibility index (Phi) is 4.61. The minimum Gasteiger partial charge on any atom is -0.312 e. The lowest BCUT2D eigenvalue weighted by molar-refractivity contribution is -0.137. The zero-order valence-corrected chi connectivity index (χ0v) is 11.1. The number of nitrogens with one attached hydrogen (secondary N) is 2. The maximum atomic E-state index is 12.6. The van der Waals surface area contributed by atoms with Crippen LogP contribution in [0.25, 0.3) is 0 Å². The number of hydrogen-bond acceptors (Lipinski definition) is 3. The molecule has 2 N–H and O–H groups in total. The van der Waals surface area contributed by atoms with E-state index in [0.29, 0.717) is 29.4 Å². The summed E-state index contributed by atoms with van der Waals surface area (Å²) in [6.45, 7) is 0.818. The first kappa shape index (κ1) is 14.8. The SMILES string of the molecule is FC(F)(F)c1ccc(Cl)c(CNCCc2ncn[nH]2)c1. The summed E-state index contributed by atoms with van der Waals surface area (Å²) >= 11 is 5.89. The number of benzene rings is 1. The van der Waals surface area contributed by atoms with E-state index in [4.69, 9.17) is 11.6 Å². The number of aromatic amines is 1. The summed E-state index contributed by atoms with van der Waals surface area (Å²) < 4.78 is 37.8. The van der Waals surface area contributed by atoms with Crippen LogP contribution in [0.2, 0.25) is 5.02 Å². The molecule has 0 aliphatic heterocycles. The Labute approximate surface area is 118 Å². The molecule has 0 radical (unpaired) electrons. The number of H-pyrrole nitrogens is 1. The van der Waals surface area contributed by atoms with Crippen LogP contribution in [0, 0.1) is 0 Å². The third kappa shape index (κ3) is 3.94. The lowest BCUT2D eigenvalue weighted by Gasteiger charge is -2.11. The second-order valence-corrected chi connectivity index (χ2v) is 4.57. The van der Waals surface area contributed by atoms with Crippen molar-refractivity contribution in [3.8, 4) is 0 Å². The maximum Gasteiger partial charge on any atom is 0.416 e. The Morgan fingerprint density at radius 1 is 1.30 bits per heavy atom. The van der Waals surface area contributed by atoms with E-state index in [1.165, 1.54) is 12.4 Å². The molecule has 0 atom stereocenters. The highest BCUT2D eigenvalue weighted by Crippen LogP contribution is 2.31. The van der Waals surface area contributed by atoms with E-state index in [9.17, 15) is 13.2 Å². The van der Waals surface area contributed by atoms with E-state index < -0.39 is 11.7 Å². The molecule has 2 rings (SSSR count). The second kappa shape index (κ2) is 6.23. The van der Waals surface area contributed by atoms with Crippen LogP contribution in [0.4, 0.5) is 13.2 Å². The number of nitrogens with zero attached hydrogens (tertiary/aromatic N) is 2. The van der Waals surface area contributed by atoms with Gasteiger partial charge in [0.2, 0.25) is 0 Å². The summed E-state index contributed by atoms with van der Waals surface area (Å²) in [6, 6.07) is 3.29. The fourth-order valence-corrected chi connectivity index (χ4v) is 1.85. The van der Waals surface area contributed by atoms with Crippen molar-refractivity contribution < 1.29 is 13.2 Å². The highest BCUT2D eigenvalue weighted by Gasteiger charge is 2.30. The molecule has 8 heteroatoms. The average molecular weight is 305 g/mol. The van der Waals surface area contributed by atoms with Gasteiger partial charge in [-0.15, -0.1) is 0 Å². The van der Waals surface area contributed by atoms with E-state index in [1.54, 1.807) is 0 Å². The molecule has 0 aliphatic carbocycles. The largest absolute Gasteiger partial charge is 0.416 e. The fraction of sp³-hybridized carbons (Fsp3) is 0.333. The lowest BCUT2D eigenvalue weighted by Crippen LogP contribution is -2.18. The molecule has 1 aromatic heterocycles. The first-order valence-corrected chi connectivity index (χ1v) is 6.25. The monoisotopic (exact) mass is 304 g/mol. The number of hydrogen-bond donors (Lipinski definition) is 2. The van der Waals surface area contributed by atoms with Crippen LogP contribution in [0.15, 0.2) is 24.5 Å². The van der Waals surface area contributed by atoms with Gasteiger partial charge in [0.1, 0.15) is 12.2 Å². The highest BCUT2D eigenvalue weighted by molar-refractivity contribution is 6.31. The molecule has 0 aliphatic rings. The van der Waals surface area contributed by atoms with Crippen LogP contribution < -0.4 is 5.32 Å². The molecule has 0 spiro atoms. The molecule has 0 bridgehead atoms. The second-order valence-electron chi connectivity index (χ2n) is 4.16. The van der Waals surface area contributed by atoms with Crippen LogP contribution in [0.3, 0.4) is 0 Å². The van der Waals surface area contributed by atoms with Gasteiger partial charge in [-0.3, -0.25) is 5.10 Å². The first-order valence-electron chi connectivity index (χ1n) is 5.87. The Balaban J connectivity index is 1.91. The van der Waals surface area contributed by atoms with Gasteiger partial charge in [-0.2, -0.15) is 18.3 Å². The first-order chi connectivity index (χ1) is 9.47. The summed E-state index contributed by atoms with van der Waals surface area (Å²) in [7, 11) is 0. The van der Waals surface area contributed by atoms with E-state index in [2.05, 4.69) is 20.5 Å². The summed E-state index contributed by atoms with van der Waals surface area (Å²) in [4.78, 5) is 3.94. The van der Waals surface area contributed by atoms with Gasteiger partial charge in [-0.1, -0.05) is 11.6 Å². The minimum atomic E-state index is -4.36. The third-order valence-electron chi connectivity index (χ3n) is 2.69. The van der Waals surface area contributed by atoms with Gasteiger partial charge in [0.15, 0.2) is 0 Å².